The number of halogens is 1. The average molecular weight is 388 g/mol. The van der Waals surface area contributed by atoms with E-state index in [1.165, 1.54) is 18.5 Å². The number of rotatable bonds is 4. The van der Waals surface area contributed by atoms with Crippen LogP contribution in [0.1, 0.15) is 32.7 Å². The molecular formula is C17H14BrN3O3. The highest BCUT2D eigenvalue weighted by molar-refractivity contribution is 9.10. The van der Waals surface area contributed by atoms with Crippen molar-refractivity contribution in [3.8, 4) is 0 Å². The Morgan fingerprint density at radius 2 is 1.96 bits per heavy atom. The summed E-state index contributed by atoms with van der Waals surface area (Å²) in [5, 5.41) is 2.76. The van der Waals surface area contributed by atoms with Gasteiger partial charge in [-0.05, 0) is 36.8 Å². The Kier molecular flexibility index (Phi) is 4.44. The minimum Gasteiger partial charge on any atom is -0.326 e. The van der Waals surface area contributed by atoms with Crippen LogP contribution < -0.4 is 5.32 Å². The summed E-state index contributed by atoms with van der Waals surface area (Å²) >= 11 is 3.40. The number of nitrogens with zero attached hydrogens (tertiary/aromatic N) is 2. The van der Waals surface area contributed by atoms with Crippen molar-refractivity contribution in [1.82, 2.24) is 9.88 Å². The summed E-state index contributed by atoms with van der Waals surface area (Å²) in [6, 6.07) is 6.99. The Balaban J connectivity index is 1.62. The molecule has 0 saturated carbocycles. The first-order valence-corrected chi connectivity index (χ1v) is 8.13. The molecule has 1 aliphatic rings. The van der Waals surface area contributed by atoms with Gasteiger partial charge in [-0.25, -0.2) is 0 Å². The summed E-state index contributed by atoms with van der Waals surface area (Å²) in [5.41, 5.74) is 2.29. The van der Waals surface area contributed by atoms with E-state index in [1.54, 1.807) is 6.07 Å². The zero-order chi connectivity index (χ0) is 17.3. The number of carbonyl (C=O) groups excluding carboxylic acids is 3. The molecular weight excluding hydrogens is 374 g/mol. The lowest BCUT2D eigenvalue weighted by molar-refractivity contribution is -0.116. The summed E-state index contributed by atoms with van der Waals surface area (Å²) in [6.45, 7) is 1.96. The van der Waals surface area contributed by atoms with Crippen molar-refractivity contribution in [2.75, 3.05) is 11.9 Å². The molecule has 1 aromatic heterocycles. The molecule has 0 saturated heterocycles. The van der Waals surface area contributed by atoms with E-state index in [2.05, 4.69) is 26.2 Å². The third-order valence-electron chi connectivity index (χ3n) is 3.78. The molecule has 1 aliphatic heterocycles. The number of anilines is 1. The molecule has 3 amide bonds. The zero-order valence-corrected chi connectivity index (χ0v) is 14.5. The van der Waals surface area contributed by atoms with Gasteiger partial charge < -0.3 is 5.32 Å². The van der Waals surface area contributed by atoms with Crippen LogP contribution >= 0.6 is 15.9 Å². The number of amides is 3. The lowest BCUT2D eigenvalue weighted by Crippen LogP contribution is -2.32. The van der Waals surface area contributed by atoms with Crippen LogP contribution in [0.5, 0.6) is 0 Å². The Hall–Kier alpha value is -2.54. The van der Waals surface area contributed by atoms with Crippen LogP contribution in [0.25, 0.3) is 0 Å². The van der Waals surface area contributed by atoms with Crippen molar-refractivity contribution in [1.29, 1.82) is 0 Å². The van der Waals surface area contributed by atoms with Gasteiger partial charge in [0.1, 0.15) is 0 Å². The van der Waals surface area contributed by atoms with Crippen LogP contribution in [0.3, 0.4) is 0 Å². The van der Waals surface area contributed by atoms with Gasteiger partial charge in [-0.2, -0.15) is 0 Å². The van der Waals surface area contributed by atoms with Gasteiger partial charge in [0.2, 0.25) is 5.91 Å². The Labute approximate surface area is 147 Å². The molecule has 0 spiro atoms. The van der Waals surface area contributed by atoms with Crippen LogP contribution in [0.4, 0.5) is 5.69 Å². The summed E-state index contributed by atoms with van der Waals surface area (Å²) < 4.78 is 0.958. The molecule has 0 bridgehead atoms. The number of carbonyl (C=O) groups is 3. The van der Waals surface area contributed by atoms with E-state index in [0.717, 1.165) is 14.9 Å². The number of hydrogen-bond donors (Lipinski definition) is 1. The van der Waals surface area contributed by atoms with Gasteiger partial charge in [-0.1, -0.05) is 15.9 Å². The monoisotopic (exact) mass is 387 g/mol. The fourth-order valence-electron chi connectivity index (χ4n) is 2.50. The summed E-state index contributed by atoms with van der Waals surface area (Å²) in [7, 11) is 0. The predicted molar refractivity (Wildman–Crippen MR) is 91.7 cm³/mol. The Morgan fingerprint density at radius 1 is 1.21 bits per heavy atom. The maximum atomic E-state index is 12.2. The van der Waals surface area contributed by atoms with Crippen LogP contribution in [-0.2, 0) is 4.79 Å². The van der Waals surface area contributed by atoms with Crippen molar-refractivity contribution in [3.63, 3.8) is 0 Å². The van der Waals surface area contributed by atoms with Crippen LogP contribution in [-0.4, -0.2) is 34.2 Å². The second-order valence-corrected chi connectivity index (χ2v) is 6.30. The number of nitrogens with one attached hydrogen (secondary N) is 1. The smallest absolute Gasteiger partial charge is 0.263 e. The molecule has 7 heteroatoms. The second-order valence-electron chi connectivity index (χ2n) is 5.45. The summed E-state index contributed by atoms with van der Waals surface area (Å²) in [6.07, 6.45) is 2.88. The van der Waals surface area contributed by atoms with Crippen molar-refractivity contribution < 1.29 is 14.4 Å². The van der Waals surface area contributed by atoms with E-state index in [0.29, 0.717) is 11.3 Å². The van der Waals surface area contributed by atoms with Gasteiger partial charge in [0.05, 0.1) is 11.1 Å². The lowest BCUT2D eigenvalue weighted by atomic mass is 10.2. The molecule has 6 nitrogen and oxygen atoms in total. The van der Waals surface area contributed by atoms with Crippen molar-refractivity contribution in [2.45, 2.75) is 13.3 Å². The topological polar surface area (TPSA) is 79.4 Å². The molecule has 0 fully saturated rings. The van der Waals surface area contributed by atoms with Gasteiger partial charge >= 0.3 is 0 Å². The van der Waals surface area contributed by atoms with E-state index in [1.807, 2.05) is 19.1 Å². The number of pyridine rings is 1. The standard InChI is InChI=1S/C17H14BrN3O3/c1-10-8-11(2-3-14(10)18)20-15(22)5-7-21-16(23)12-4-6-19-9-13(12)17(21)24/h2-4,6,8-9H,5,7H2,1H3,(H,20,22). The van der Waals surface area contributed by atoms with Crippen LogP contribution in [0, 0.1) is 6.92 Å². The van der Waals surface area contributed by atoms with Gasteiger partial charge in [0.25, 0.3) is 11.8 Å². The highest BCUT2D eigenvalue weighted by Crippen LogP contribution is 2.22. The Bertz CT molecular complexity index is 816. The van der Waals surface area contributed by atoms with Crippen LogP contribution in [0.15, 0.2) is 41.1 Å². The van der Waals surface area contributed by atoms with E-state index in [-0.39, 0.29) is 30.3 Å². The third-order valence-corrected chi connectivity index (χ3v) is 4.67. The fourth-order valence-corrected chi connectivity index (χ4v) is 2.74. The quantitative estimate of drug-likeness (QED) is 0.817. The number of benzene rings is 1. The molecule has 0 unspecified atom stereocenters. The average Bonchev–Trinajstić information content (AvgIpc) is 2.81. The largest absolute Gasteiger partial charge is 0.326 e. The van der Waals surface area contributed by atoms with E-state index < -0.39 is 5.91 Å². The molecule has 2 aromatic rings. The second kappa shape index (κ2) is 6.52. The highest BCUT2D eigenvalue weighted by atomic mass is 79.9. The minimum atomic E-state index is -0.407. The number of fused-ring (bicyclic) bond motifs is 1. The third kappa shape index (κ3) is 3.07. The van der Waals surface area contributed by atoms with Crippen molar-refractivity contribution in [2.24, 2.45) is 0 Å². The minimum absolute atomic E-state index is 0.0354. The molecule has 3 rings (SSSR count). The number of imide groups is 1. The summed E-state index contributed by atoms with van der Waals surface area (Å²) in [4.78, 5) is 41.4. The molecule has 0 aliphatic carbocycles. The van der Waals surface area contributed by atoms with E-state index in [9.17, 15) is 14.4 Å². The molecule has 1 N–H and O–H groups in total. The van der Waals surface area contributed by atoms with Crippen molar-refractivity contribution in [3.05, 3.63) is 57.8 Å². The number of aryl methyl sites for hydroxylation is 1. The first kappa shape index (κ1) is 16.3. The lowest BCUT2D eigenvalue weighted by Gasteiger charge is -2.13. The molecule has 0 radical (unpaired) electrons. The molecule has 24 heavy (non-hydrogen) atoms. The number of aromatic nitrogens is 1. The van der Waals surface area contributed by atoms with Crippen molar-refractivity contribution >= 4 is 39.3 Å². The van der Waals surface area contributed by atoms with E-state index >= 15 is 0 Å². The molecule has 1 aromatic carbocycles. The summed E-state index contributed by atoms with van der Waals surface area (Å²) in [5.74, 6) is -1.05. The molecule has 2 heterocycles. The predicted octanol–water partition coefficient (Wildman–Crippen LogP) is 2.78. The fraction of sp³-hybridized carbons (Fsp3) is 0.176. The van der Waals surface area contributed by atoms with Gasteiger partial charge in [0, 0.05) is 35.5 Å². The SMILES string of the molecule is Cc1cc(NC(=O)CCN2C(=O)c3ccncc3C2=O)ccc1Br. The molecule has 122 valence electrons. The van der Waals surface area contributed by atoms with Crippen LogP contribution in [0.2, 0.25) is 0 Å². The number of hydrogen-bond acceptors (Lipinski definition) is 4. The zero-order valence-electron chi connectivity index (χ0n) is 12.9. The van der Waals surface area contributed by atoms with Gasteiger partial charge in [-0.3, -0.25) is 24.3 Å². The van der Waals surface area contributed by atoms with E-state index in [4.69, 9.17) is 0 Å². The first-order chi connectivity index (χ1) is 11.5. The molecule has 0 atom stereocenters. The maximum absolute atomic E-state index is 12.2. The van der Waals surface area contributed by atoms with Gasteiger partial charge in [-0.15, -0.1) is 0 Å². The van der Waals surface area contributed by atoms with Gasteiger partial charge in [0.15, 0.2) is 0 Å². The Morgan fingerprint density at radius 3 is 2.67 bits per heavy atom. The highest BCUT2D eigenvalue weighted by Gasteiger charge is 2.35. The first-order valence-electron chi connectivity index (χ1n) is 7.33. The maximum Gasteiger partial charge on any atom is 0.263 e. The normalized spacial score (nSPS) is 13.2.